The third-order valence-corrected chi connectivity index (χ3v) is 4.00. The van der Waals surface area contributed by atoms with Gasteiger partial charge in [-0.1, -0.05) is 0 Å². The van der Waals surface area contributed by atoms with Gasteiger partial charge in [0.2, 0.25) is 11.7 Å². The van der Waals surface area contributed by atoms with E-state index >= 15 is 0 Å². The Labute approximate surface area is 123 Å². The van der Waals surface area contributed by atoms with Crippen LogP contribution in [0.1, 0.15) is 60.9 Å². The molecule has 1 saturated carbocycles. The Bertz CT molecular complexity index is 517. The van der Waals surface area contributed by atoms with E-state index < -0.39 is 0 Å². The molecule has 3 rings (SSSR count). The molecule has 2 aliphatic rings. The van der Waals surface area contributed by atoms with E-state index in [1.165, 1.54) is 6.42 Å². The molecule has 0 spiro atoms. The number of hydrogen-bond acceptors (Lipinski definition) is 4. The van der Waals surface area contributed by atoms with Crippen molar-refractivity contribution in [3.63, 3.8) is 0 Å². The molecule has 1 aliphatic heterocycles. The van der Waals surface area contributed by atoms with Crippen molar-refractivity contribution in [2.24, 2.45) is 0 Å². The molecule has 1 saturated heterocycles. The van der Waals surface area contributed by atoms with Crippen molar-refractivity contribution in [1.29, 1.82) is 0 Å². The van der Waals surface area contributed by atoms with Crippen LogP contribution in [-0.2, 0) is 4.79 Å². The summed E-state index contributed by atoms with van der Waals surface area (Å²) in [6.07, 6.45) is 5.93. The average molecular weight is 291 g/mol. The number of H-pyrrole nitrogens is 1. The van der Waals surface area contributed by atoms with Crippen LogP contribution in [0.5, 0.6) is 0 Å². The van der Waals surface area contributed by atoms with Crippen molar-refractivity contribution in [2.75, 3.05) is 19.6 Å². The predicted octanol–water partition coefficient (Wildman–Crippen LogP) is 0.814. The molecule has 0 atom stereocenters. The first-order chi connectivity index (χ1) is 10.2. The fraction of sp³-hybridized carbons (Fsp3) is 0.714. The second kappa shape index (κ2) is 6.24. The smallest absolute Gasteiger partial charge is 0.290 e. The third-order valence-electron chi connectivity index (χ3n) is 4.00. The van der Waals surface area contributed by atoms with E-state index in [4.69, 9.17) is 0 Å². The molecule has 7 nitrogen and oxygen atoms in total. The Kier molecular flexibility index (Phi) is 4.17. The highest BCUT2D eigenvalue weighted by Gasteiger charge is 2.28. The van der Waals surface area contributed by atoms with E-state index in [-0.39, 0.29) is 17.6 Å². The monoisotopic (exact) mass is 291 g/mol. The molecule has 1 aromatic rings. The third kappa shape index (κ3) is 3.59. The van der Waals surface area contributed by atoms with Gasteiger partial charge in [0.15, 0.2) is 0 Å². The van der Waals surface area contributed by atoms with Gasteiger partial charge in [0.05, 0.1) is 0 Å². The minimum Gasteiger partial charge on any atom is -0.349 e. The summed E-state index contributed by atoms with van der Waals surface area (Å²) in [5.41, 5.74) is 0. The Hall–Kier alpha value is -1.92. The van der Waals surface area contributed by atoms with Crippen LogP contribution in [0.4, 0.5) is 0 Å². The number of nitrogens with zero attached hydrogens (tertiary/aromatic N) is 3. The first-order valence-electron chi connectivity index (χ1n) is 7.72. The van der Waals surface area contributed by atoms with Crippen molar-refractivity contribution in [2.45, 2.75) is 44.4 Å². The Morgan fingerprint density at radius 3 is 2.71 bits per heavy atom. The molecule has 114 valence electrons. The Morgan fingerprint density at radius 2 is 2.00 bits per heavy atom. The normalized spacial score (nSPS) is 18.6. The second-order valence-electron chi connectivity index (χ2n) is 5.77. The molecular weight excluding hydrogens is 270 g/mol. The van der Waals surface area contributed by atoms with Gasteiger partial charge in [-0.2, -0.15) is 0 Å². The number of amides is 2. The molecule has 0 unspecified atom stereocenters. The van der Waals surface area contributed by atoms with Crippen LogP contribution in [0.2, 0.25) is 0 Å². The van der Waals surface area contributed by atoms with Gasteiger partial charge in [0.25, 0.3) is 5.91 Å². The molecule has 2 heterocycles. The van der Waals surface area contributed by atoms with Gasteiger partial charge >= 0.3 is 0 Å². The molecule has 7 heteroatoms. The van der Waals surface area contributed by atoms with Gasteiger partial charge in [-0.05, 0) is 32.1 Å². The van der Waals surface area contributed by atoms with Crippen LogP contribution in [0.15, 0.2) is 0 Å². The molecule has 0 bridgehead atoms. The van der Waals surface area contributed by atoms with Crippen LogP contribution in [-0.4, -0.2) is 51.5 Å². The van der Waals surface area contributed by atoms with E-state index in [1.54, 1.807) is 0 Å². The SMILES string of the molecule is O=C(NCCC(=O)N1CCCCC1)c1n[nH]c(C2CC2)n1. The van der Waals surface area contributed by atoms with Crippen LogP contribution >= 0.6 is 0 Å². The fourth-order valence-corrected chi connectivity index (χ4v) is 2.58. The summed E-state index contributed by atoms with van der Waals surface area (Å²) in [4.78, 5) is 29.9. The Balaban J connectivity index is 1.41. The summed E-state index contributed by atoms with van der Waals surface area (Å²) in [6.45, 7) is 2.03. The molecule has 2 N–H and O–H groups in total. The van der Waals surface area contributed by atoms with Crippen LogP contribution < -0.4 is 5.32 Å². The van der Waals surface area contributed by atoms with E-state index in [0.717, 1.165) is 44.6 Å². The van der Waals surface area contributed by atoms with E-state index in [9.17, 15) is 9.59 Å². The van der Waals surface area contributed by atoms with Crippen molar-refractivity contribution in [3.8, 4) is 0 Å². The maximum Gasteiger partial charge on any atom is 0.290 e. The predicted molar refractivity (Wildman–Crippen MR) is 75.7 cm³/mol. The lowest BCUT2D eigenvalue weighted by atomic mass is 10.1. The lowest BCUT2D eigenvalue weighted by Gasteiger charge is -2.26. The topological polar surface area (TPSA) is 91.0 Å². The van der Waals surface area contributed by atoms with Gasteiger partial charge in [0.1, 0.15) is 5.82 Å². The highest BCUT2D eigenvalue weighted by Crippen LogP contribution is 2.37. The number of carbonyl (C=O) groups excluding carboxylic acids is 2. The van der Waals surface area contributed by atoms with Gasteiger partial charge in [-0.15, -0.1) is 5.10 Å². The second-order valence-corrected chi connectivity index (χ2v) is 5.77. The van der Waals surface area contributed by atoms with Crippen molar-refractivity contribution >= 4 is 11.8 Å². The molecule has 0 aromatic carbocycles. The molecule has 0 radical (unpaired) electrons. The number of hydrogen-bond donors (Lipinski definition) is 2. The van der Waals surface area contributed by atoms with Crippen LogP contribution in [0.25, 0.3) is 0 Å². The van der Waals surface area contributed by atoms with Crippen LogP contribution in [0, 0.1) is 0 Å². The molecule has 2 fully saturated rings. The number of aromatic nitrogens is 3. The minimum atomic E-state index is -0.315. The number of rotatable bonds is 5. The summed E-state index contributed by atoms with van der Waals surface area (Å²) in [6, 6.07) is 0. The van der Waals surface area contributed by atoms with Crippen molar-refractivity contribution in [1.82, 2.24) is 25.4 Å². The highest BCUT2D eigenvalue weighted by molar-refractivity contribution is 5.90. The summed E-state index contributed by atoms with van der Waals surface area (Å²) < 4.78 is 0. The molecule has 2 amide bonds. The number of piperidine rings is 1. The standard InChI is InChI=1S/C14H21N5O2/c20-11(19-8-2-1-3-9-19)6-7-15-14(21)13-16-12(17-18-13)10-4-5-10/h10H,1-9H2,(H,15,21)(H,16,17,18). The summed E-state index contributed by atoms with van der Waals surface area (Å²) in [7, 11) is 0. The van der Waals surface area contributed by atoms with Crippen molar-refractivity contribution < 1.29 is 9.59 Å². The van der Waals surface area contributed by atoms with Gasteiger partial charge in [-0.25, -0.2) is 4.98 Å². The number of nitrogens with one attached hydrogen (secondary N) is 2. The van der Waals surface area contributed by atoms with E-state index in [2.05, 4.69) is 20.5 Å². The van der Waals surface area contributed by atoms with Gasteiger partial charge in [-0.3, -0.25) is 14.7 Å². The maximum absolute atomic E-state index is 12.0. The Morgan fingerprint density at radius 1 is 1.24 bits per heavy atom. The summed E-state index contributed by atoms with van der Waals surface area (Å²) in [5.74, 6) is 1.21. The van der Waals surface area contributed by atoms with E-state index in [1.807, 2.05) is 4.90 Å². The maximum atomic E-state index is 12.0. The number of aromatic amines is 1. The quantitative estimate of drug-likeness (QED) is 0.840. The zero-order valence-electron chi connectivity index (χ0n) is 12.1. The first kappa shape index (κ1) is 14.0. The average Bonchev–Trinajstić information content (AvgIpc) is 3.25. The lowest BCUT2D eigenvalue weighted by molar-refractivity contribution is -0.131. The zero-order valence-corrected chi connectivity index (χ0v) is 12.1. The van der Waals surface area contributed by atoms with Gasteiger partial charge < -0.3 is 10.2 Å². The van der Waals surface area contributed by atoms with Gasteiger partial charge in [0, 0.05) is 32.0 Å². The van der Waals surface area contributed by atoms with Crippen LogP contribution in [0.3, 0.4) is 0 Å². The van der Waals surface area contributed by atoms with Crippen molar-refractivity contribution in [3.05, 3.63) is 11.6 Å². The number of carbonyl (C=O) groups is 2. The largest absolute Gasteiger partial charge is 0.349 e. The lowest BCUT2D eigenvalue weighted by Crippen LogP contribution is -2.37. The summed E-state index contributed by atoms with van der Waals surface area (Å²) >= 11 is 0. The molecule has 21 heavy (non-hydrogen) atoms. The zero-order chi connectivity index (χ0) is 14.7. The minimum absolute atomic E-state index is 0.114. The molecular formula is C14H21N5O2. The summed E-state index contributed by atoms with van der Waals surface area (Å²) in [5, 5.41) is 9.43. The van der Waals surface area contributed by atoms with E-state index in [0.29, 0.717) is 18.9 Å². The fourth-order valence-electron chi connectivity index (χ4n) is 2.58. The molecule has 1 aromatic heterocycles. The first-order valence-corrected chi connectivity index (χ1v) is 7.72. The number of likely N-dealkylation sites (tertiary alicyclic amines) is 1. The highest BCUT2D eigenvalue weighted by atomic mass is 16.2. The molecule has 1 aliphatic carbocycles.